The summed E-state index contributed by atoms with van der Waals surface area (Å²) in [5.41, 5.74) is 2.99. The van der Waals surface area contributed by atoms with Crippen LogP contribution in [0.15, 0.2) is 30.3 Å². The summed E-state index contributed by atoms with van der Waals surface area (Å²) in [6.07, 6.45) is 1.65. The number of hydrogen-bond donors (Lipinski definition) is 3. The SMILES string of the molecule is Cc1cc(I)ccc1Nc1c(C(=O)NOCC2(CO)CC2)ccc(F)c1F. The average molecular weight is 488 g/mol. The molecule has 27 heavy (non-hydrogen) atoms. The van der Waals surface area contributed by atoms with Crippen molar-refractivity contribution in [2.45, 2.75) is 19.8 Å². The summed E-state index contributed by atoms with van der Waals surface area (Å²) < 4.78 is 29.1. The topological polar surface area (TPSA) is 70.6 Å². The molecular formula is C19H19F2IN2O3. The molecular weight excluding hydrogens is 469 g/mol. The van der Waals surface area contributed by atoms with Crippen molar-refractivity contribution in [2.75, 3.05) is 18.5 Å². The third-order valence-electron chi connectivity index (χ3n) is 4.62. The molecule has 1 aliphatic carbocycles. The van der Waals surface area contributed by atoms with Crippen molar-refractivity contribution in [1.29, 1.82) is 0 Å². The van der Waals surface area contributed by atoms with Crippen LogP contribution in [0.25, 0.3) is 0 Å². The number of aliphatic hydroxyl groups excluding tert-OH is 1. The fraction of sp³-hybridized carbons (Fsp3) is 0.316. The fourth-order valence-corrected chi connectivity index (χ4v) is 3.25. The molecule has 0 heterocycles. The number of rotatable bonds is 7. The molecule has 1 saturated carbocycles. The van der Waals surface area contributed by atoms with E-state index >= 15 is 0 Å². The summed E-state index contributed by atoms with van der Waals surface area (Å²) >= 11 is 2.15. The standard InChI is InChI=1S/C19H19F2IN2O3/c1-11-8-12(22)2-5-15(11)23-17-13(3-4-14(20)16(17)21)18(26)24-27-10-19(9-25)6-7-19/h2-5,8,23,25H,6-7,9-10H2,1H3,(H,24,26). The van der Waals surface area contributed by atoms with Gasteiger partial charge in [0.15, 0.2) is 11.6 Å². The van der Waals surface area contributed by atoms with E-state index in [1.165, 1.54) is 6.07 Å². The quantitative estimate of drug-likeness (QED) is 0.407. The maximum atomic E-state index is 14.4. The van der Waals surface area contributed by atoms with Crippen molar-refractivity contribution >= 4 is 39.9 Å². The normalized spacial score (nSPS) is 14.7. The highest BCUT2D eigenvalue weighted by Gasteiger charge is 2.42. The van der Waals surface area contributed by atoms with Gasteiger partial charge in [0.1, 0.15) is 0 Å². The van der Waals surface area contributed by atoms with Crippen LogP contribution in [0.3, 0.4) is 0 Å². The van der Waals surface area contributed by atoms with Gasteiger partial charge in [-0.1, -0.05) is 0 Å². The molecule has 3 N–H and O–H groups in total. The summed E-state index contributed by atoms with van der Waals surface area (Å²) in [6.45, 7) is 1.97. The zero-order chi connectivity index (χ0) is 19.6. The Morgan fingerprint density at radius 2 is 2.04 bits per heavy atom. The lowest BCUT2D eigenvalue weighted by Crippen LogP contribution is -2.29. The second-order valence-electron chi connectivity index (χ2n) is 6.75. The lowest BCUT2D eigenvalue weighted by atomic mass is 10.1. The number of hydroxylamine groups is 1. The van der Waals surface area contributed by atoms with Gasteiger partial charge in [-0.25, -0.2) is 14.3 Å². The molecule has 0 spiro atoms. The van der Waals surface area contributed by atoms with Crippen LogP contribution in [0, 0.1) is 27.5 Å². The molecule has 1 fully saturated rings. The van der Waals surface area contributed by atoms with Crippen LogP contribution in [-0.2, 0) is 4.84 Å². The van der Waals surface area contributed by atoms with Crippen LogP contribution in [0.1, 0.15) is 28.8 Å². The van der Waals surface area contributed by atoms with Gasteiger partial charge in [0, 0.05) is 14.7 Å². The Hall–Kier alpha value is -1.78. The summed E-state index contributed by atoms with van der Waals surface area (Å²) in [7, 11) is 0. The van der Waals surface area contributed by atoms with Gasteiger partial charge in [-0.3, -0.25) is 9.63 Å². The number of anilines is 2. The van der Waals surface area contributed by atoms with Crippen molar-refractivity contribution in [3.63, 3.8) is 0 Å². The summed E-state index contributed by atoms with van der Waals surface area (Å²) in [5.74, 6) is -2.90. The zero-order valence-electron chi connectivity index (χ0n) is 14.6. The highest BCUT2D eigenvalue weighted by Crippen LogP contribution is 2.44. The summed E-state index contributed by atoms with van der Waals surface area (Å²) in [4.78, 5) is 17.6. The number of carbonyl (C=O) groups excluding carboxylic acids is 1. The Balaban J connectivity index is 1.80. The summed E-state index contributed by atoms with van der Waals surface area (Å²) in [5, 5.41) is 12.1. The minimum Gasteiger partial charge on any atom is -0.396 e. The second kappa shape index (κ2) is 8.07. The molecule has 8 heteroatoms. The van der Waals surface area contributed by atoms with E-state index in [9.17, 15) is 18.7 Å². The van der Waals surface area contributed by atoms with Crippen LogP contribution in [0.2, 0.25) is 0 Å². The highest BCUT2D eigenvalue weighted by atomic mass is 127. The van der Waals surface area contributed by atoms with Gasteiger partial charge in [0.2, 0.25) is 0 Å². The molecule has 0 bridgehead atoms. The lowest BCUT2D eigenvalue weighted by Gasteiger charge is -2.16. The van der Waals surface area contributed by atoms with E-state index in [1.54, 1.807) is 6.07 Å². The number of carbonyl (C=O) groups is 1. The molecule has 0 saturated heterocycles. The molecule has 0 radical (unpaired) electrons. The van der Waals surface area contributed by atoms with Crippen molar-refractivity contribution in [3.05, 3.63) is 56.7 Å². The molecule has 2 aromatic carbocycles. The fourth-order valence-electron chi connectivity index (χ4n) is 2.60. The van der Waals surface area contributed by atoms with E-state index in [-0.39, 0.29) is 29.9 Å². The number of benzene rings is 2. The first-order valence-electron chi connectivity index (χ1n) is 8.39. The molecule has 2 aromatic rings. The largest absolute Gasteiger partial charge is 0.396 e. The minimum atomic E-state index is -1.14. The maximum absolute atomic E-state index is 14.4. The van der Waals surface area contributed by atoms with Crippen molar-refractivity contribution in [3.8, 4) is 0 Å². The van der Waals surface area contributed by atoms with Crippen molar-refractivity contribution < 1.29 is 23.5 Å². The Bertz CT molecular complexity index is 872. The van der Waals surface area contributed by atoms with Crippen LogP contribution in [0.4, 0.5) is 20.2 Å². The smallest absolute Gasteiger partial charge is 0.277 e. The third-order valence-corrected chi connectivity index (χ3v) is 5.29. The van der Waals surface area contributed by atoms with E-state index in [1.807, 2.05) is 19.1 Å². The van der Waals surface area contributed by atoms with E-state index in [0.29, 0.717) is 5.69 Å². The van der Waals surface area contributed by atoms with E-state index in [0.717, 1.165) is 28.0 Å². The Morgan fingerprint density at radius 3 is 2.67 bits per heavy atom. The third kappa shape index (κ3) is 4.56. The molecule has 144 valence electrons. The number of nitrogens with one attached hydrogen (secondary N) is 2. The Morgan fingerprint density at radius 1 is 1.30 bits per heavy atom. The van der Waals surface area contributed by atoms with Gasteiger partial charge in [0.05, 0.1) is 24.5 Å². The first-order chi connectivity index (χ1) is 12.8. The minimum absolute atomic E-state index is 0.0209. The monoisotopic (exact) mass is 488 g/mol. The first-order valence-corrected chi connectivity index (χ1v) is 9.47. The number of halogens is 3. The highest BCUT2D eigenvalue weighted by molar-refractivity contribution is 14.1. The van der Waals surface area contributed by atoms with E-state index < -0.39 is 17.5 Å². The molecule has 5 nitrogen and oxygen atoms in total. The Labute approximate surface area is 169 Å². The average Bonchev–Trinajstić information content (AvgIpc) is 3.41. The number of aliphatic hydroxyl groups is 1. The van der Waals surface area contributed by atoms with Crippen molar-refractivity contribution in [1.82, 2.24) is 5.48 Å². The molecule has 1 amide bonds. The van der Waals surface area contributed by atoms with Gasteiger partial charge in [0.25, 0.3) is 5.91 Å². The molecule has 0 aliphatic heterocycles. The number of hydrogen-bond acceptors (Lipinski definition) is 4. The van der Waals surface area contributed by atoms with Crippen LogP contribution in [-0.4, -0.2) is 24.2 Å². The molecule has 3 rings (SSSR count). The van der Waals surface area contributed by atoms with Gasteiger partial charge in [-0.05, 0) is 78.3 Å². The molecule has 1 aliphatic rings. The van der Waals surface area contributed by atoms with Gasteiger partial charge in [-0.15, -0.1) is 0 Å². The number of amides is 1. The zero-order valence-corrected chi connectivity index (χ0v) is 16.8. The van der Waals surface area contributed by atoms with E-state index in [2.05, 4.69) is 33.4 Å². The van der Waals surface area contributed by atoms with Crippen LogP contribution < -0.4 is 10.8 Å². The molecule has 0 atom stereocenters. The number of aryl methyl sites for hydroxylation is 1. The van der Waals surface area contributed by atoms with Crippen molar-refractivity contribution in [2.24, 2.45) is 5.41 Å². The van der Waals surface area contributed by atoms with E-state index in [4.69, 9.17) is 4.84 Å². The maximum Gasteiger partial charge on any atom is 0.277 e. The van der Waals surface area contributed by atoms with Gasteiger partial charge >= 0.3 is 0 Å². The van der Waals surface area contributed by atoms with Crippen LogP contribution >= 0.6 is 22.6 Å². The first kappa shape index (κ1) is 20.0. The van der Waals surface area contributed by atoms with Crippen LogP contribution in [0.5, 0.6) is 0 Å². The second-order valence-corrected chi connectivity index (χ2v) is 7.99. The van der Waals surface area contributed by atoms with Gasteiger partial charge < -0.3 is 10.4 Å². The predicted octanol–water partition coefficient (Wildman–Crippen LogP) is 4.06. The molecule has 0 unspecified atom stereocenters. The lowest BCUT2D eigenvalue weighted by molar-refractivity contribution is -0.0000402. The Kier molecular flexibility index (Phi) is 5.97. The van der Waals surface area contributed by atoms with Gasteiger partial charge in [-0.2, -0.15) is 0 Å². The summed E-state index contributed by atoms with van der Waals surface area (Å²) in [6, 6.07) is 7.53. The molecule has 0 aromatic heterocycles. The predicted molar refractivity (Wildman–Crippen MR) is 106 cm³/mol.